The lowest BCUT2D eigenvalue weighted by Crippen LogP contribution is -2.52. The van der Waals surface area contributed by atoms with E-state index in [1.807, 2.05) is 0 Å². The first kappa shape index (κ1) is 17.9. The van der Waals surface area contributed by atoms with Gasteiger partial charge in [0.1, 0.15) is 0 Å². The highest BCUT2D eigenvalue weighted by Crippen LogP contribution is 2.06. The van der Waals surface area contributed by atoms with Gasteiger partial charge in [0, 0.05) is 32.7 Å². The van der Waals surface area contributed by atoms with Crippen LogP contribution >= 0.6 is 0 Å². The second-order valence-electron chi connectivity index (χ2n) is 5.11. The zero-order valence-corrected chi connectivity index (χ0v) is 13.6. The van der Waals surface area contributed by atoms with Crippen LogP contribution in [-0.2, 0) is 24.3 Å². The third kappa shape index (κ3) is 5.98. The molecular formula is C12H23N3O5S. The Balaban J connectivity index is 2.35. The summed E-state index contributed by atoms with van der Waals surface area (Å²) in [6.45, 7) is 2.11. The minimum Gasteiger partial charge on any atom is -0.469 e. The minimum absolute atomic E-state index is 0.0597. The van der Waals surface area contributed by atoms with E-state index in [1.54, 1.807) is 16.8 Å². The molecule has 0 spiro atoms. The number of esters is 1. The number of rotatable bonds is 6. The Morgan fingerprint density at radius 3 is 2.24 bits per heavy atom. The van der Waals surface area contributed by atoms with E-state index >= 15 is 0 Å². The minimum atomic E-state index is -3.19. The molecule has 122 valence electrons. The van der Waals surface area contributed by atoms with Crippen molar-refractivity contribution >= 4 is 21.9 Å². The highest BCUT2D eigenvalue weighted by Gasteiger charge is 2.26. The van der Waals surface area contributed by atoms with Gasteiger partial charge in [-0.15, -0.1) is 0 Å². The Bertz CT molecular complexity index is 471. The third-order valence-corrected chi connectivity index (χ3v) is 4.69. The van der Waals surface area contributed by atoms with E-state index in [9.17, 15) is 18.0 Å². The van der Waals surface area contributed by atoms with Crippen LogP contribution in [0, 0.1) is 0 Å². The largest absolute Gasteiger partial charge is 0.469 e. The number of nitrogens with zero attached hydrogens (tertiary/aromatic N) is 3. The summed E-state index contributed by atoms with van der Waals surface area (Å²) in [4.78, 5) is 26.5. The van der Waals surface area contributed by atoms with E-state index in [0.29, 0.717) is 32.7 Å². The van der Waals surface area contributed by atoms with Gasteiger partial charge in [-0.25, -0.2) is 8.42 Å². The Hall–Kier alpha value is -1.19. The van der Waals surface area contributed by atoms with Crippen molar-refractivity contribution in [2.45, 2.75) is 6.42 Å². The fourth-order valence-electron chi connectivity index (χ4n) is 2.06. The van der Waals surface area contributed by atoms with Crippen molar-refractivity contribution < 1.29 is 22.7 Å². The summed E-state index contributed by atoms with van der Waals surface area (Å²) < 4.78 is 28.7. The first-order valence-corrected chi connectivity index (χ1v) is 8.57. The summed E-state index contributed by atoms with van der Waals surface area (Å²) in [5, 5.41) is 0. The fourth-order valence-corrected chi connectivity index (χ4v) is 2.89. The molecule has 1 heterocycles. The van der Waals surface area contributed by atoms with E-state index in [4.69, 9.17) is 0 Å². The standard InChI is InChI=1S/C12H23N3O5S/c1-13(5-4-12(17)20-2)10-11(16)14-6-8-15(9-7-14)21(3,18)19/h4-10H2,1-3H3. The van der Waals surface area contributed by atoms with Gasteiger partial charge in [0.25, 0.3) is 0 Å². The number of ether oxygens (including phenoxy) is 1. The van der Waals surface area contributed by atoms with Crippen molar-refractivity contribution in [1.82, 2.24) is 14.1 Å². The molecule has 8 nitrogen and oxygen atoms in total. The summed E-state index contributed by atoms with van der Waals surface area (Å²) in [5.41, 5.74) is 0. The molecule has 1 fully saturated rings. The van der Waals surface area contributed by atoms with Gasteiger partial charge in [0.2, 0.25) is 15.9 Å². The smallest absolute Gasteiger partial charge is 0.306 e. The summed E-state index contributed by atoms with van der Waals surface area (Å²) in [7, 11) is -0.0999. The summed E-state index contributed by atoms with van der Waals surface area (Å²) in [6.07, 6.45) is 1.41. The van der Waals surface area contributed by atoms with Crippen LogP contribution in [0.2, 0.25) is 0 Å². The van der Waals surface area contributed by atoms with E-state index in [1.165, 1.54) is 17.7 Å². The second kappa shape index (κ2) is 7.71. The Morgan fingerprint density at radius 2 is 1.76 bits per heavy atom. The zero-order valence-electron chi connectivity index (χ0n) is 12.7. The first-order valence-electron chi connectivity index (χ1n) is 6.72. The molecule has 1 aliphatic rings. The molecule has 21 heavy (non-hydrogen) atoms. The number of hydrogen-bond acceptors (Lipinski definition) is 6. The van der Waals surface area contributed by atoms with Crippen molar-refractivity contribution in [2.75, 3.05) is 59.7 Å². The lowest BCUT2D eigenvalue weighted by atomic mass is 10.3. The molecule has 1 rings (SSSR count). The molecule has 0 radical (unpaired) electrons. The number of amides is 1. The number of hydrogen-bond donors (Lipinski definition) is 0. The maximum absolute atomic E-state index is 12.1. The number of carbonyl (C=O) groups excluding carboxylic acids is 2. The number of piperazine rings is 1. The maximum Gasteiger partial charge on any atom is 0.306 e. The average molecular weight is 321 g/mol. The number of carbonyl (C=O) groups is 2. The van der Waals surface area contributed by atoms with Gasteiger partial charge in [-0.1, -0.05) is 0 Å². The SMILES string of the molecule is COC(=O)CCN(C)CC(=O)N1CCN(S(C)(=O)=O)CC1. The zero-order chi connectivity index (χ0) is 16.0. The molecule has 1 aliphatic heterocycles. The molecule has 0 aliphatic carbocycles. The van der Waals surface area contributed by atoms with Crippen LogP contribution in [0.4, 0.5) is 0 Å². The maximum atomic E-state index is 12.1. The van der Waals surface area contributed by atoms with Crippen molar-refractivity contribution in [3.8, 4) is 0 Å². The van der Waals surface area contributed by atoms with Crippen molar-refractivity contribution in [1.29, 1.82) is 0 Å². The van der Waals surface area contributed by atoms with E-state index in [-0.39, 0.29) is 24.8 Å². The van der Waals surface area contributed by atoms with Crippen LogP contribution in [0.1, 0.15) is 6.42 Å². The van der Waals surface area contributed by atoms with Crippen LogP contribution in [0.3, 0.4) is 0 Å². The molecule has 9 heteroatoms. The normalized spacial score (nSPS) is 17.0. The Kier molecular flexibility index (Phi) is 6.56. The van der Waals surface area contributed by atoms with Crippen LogP contribution in [0.5, 0.6) is 0 Å². The lowest BCUT2D eigenvalue weighted by Gasteiger charge is -2.34. The quantitative estimate of drug-likeness (QED) is 0.558. The van der Waals surface area contributed by atoms with Crippen molar-refractivity contribution in [3.63, 3.8) is 0 Å². The highest BCUT2D eigenvalue weighted by molar-refractivity contribution is 7.88. The lowest BCUT2D eigenvalue weighted by molar-refractivity contribution is -0.141. The predicted molar refractivity (Wildman–Crippen MR) is 77.1 cm³/mol. The molecule has 0 unspecified atom stereocenters. The molecule has 1 amide bonds. The van der Waals surface area contributed by atoms with Gasteiger partial charge >= 0.3 is 5.97 Å². The molecule has 0 atom stereocenters. The van der Waals surface area contributed by atoms with E-state index < -0.39 is 10.0 Å². The topological polar surface area (TPSA) is 87.2 Å². The van der Waals surface area contributed by atoms with Crippen LogP contribution in [0.25, 0.3) is 0 Å². The summed E-state index contributed by atoms with van der Waals surface area (Å²) >= 11 is 0. The molecule has 0 aromatic heterocycles. The molecule has 0 saturated carbocycles. The van der Waals surface area contributed by atoms with Gasteiger partial charge in [0.15, 0.2) is 0 Å². The summed E-state index contributed by atoms with van der Waals surface area (Å²) in [5.74, 6) is -0.369. The monoisotopic (exact) mass is 321 g/mol. The Morgan fingerprint density at radius 1 is 1.19 bits per heavy atom. The van der Waals surface area contributed by atoms with E-state index in [2.05, 4.69) is 4.74 Å². The third-order valence-electron chi connectivity index (χ3n) is 3.39. The highest BCUT2D eigenvalue weighted by atomic mass is 32.2. The Labute approximate surface area is 125 Å². The fraction of sp³-hybridized carbons (Fsp3) is 0.833. The molecule has 0 aromatic rings. The van der Waals surface area contributed by atoms with E-state index in [0.717, 1.165) is 0 Å². The number of methoxy groups -OCH3 is 1. The number of likely N-dealkylation sites (N-methyl/N-ethyl adjacent to an activating group) is 1. The van der Waals surface area contributed by atoms with Gasteiger partial charge in [-0.05, 0) is 7.05 Å². The van der Waals surface area contributed by atoms with Crippen LogP contribution in [0.15, 0.2) is 0 Å². The van der Waals surface area contributed by atoms with Crippen molar-refractivity contribution in [3.05, 3.63) is 0 Å². The molecular weight excluding hydrogens is 298 g/mol. The molecule has 0 N–H and O–H groups in total. The predicted octanol–water partition coefficient (Wildman–Crippen LogP) is -1.41. The molecule has 1 saturated heterocycles. The van der Waals surface area contributed by atoms with Crippen LogP contribution < -0.4 is 0 Å². The molecule has 0 bridgehead atoms. The summed E-state index contributed by atoms with van der Waals surface area (Å²) in [6, 6.07) is 0. The second-order valence-corrected chi connectivity index (χ2v) is 7.09. The van der Waals surface area contributed by atoms with Crippen molar-refractivity contribution in [2.24, 2.45) is 0 Å². The van der Waals surface area contributed by atoms with Gasteiger partial charge in [0.05, 0.1) is 26.3 Å². The first-order chi connectivity index (χ1) is 9.74. The van der Waals surface area contributed by atoms with Gasteiger partial charge in [-0.3, -0.25) is 14.5 Å². The number of sulfonamides is 1. The van der Waals surface area contributed by atoms with Gasteiger partial charge in [-0.2, -0.15) is 4.31 Å². The van der Waals surface area contributed by atoms with Crippen LogP contribution in [-0.4, -0.2) is 94.1 Å². The van der Waals surface area contributed by atoms with Gasteiger partial charge < -0.3 is 9.64 Å². The molecule has 0 aromatic carbocycles. The average Bonchev–Trinajstić information content (AvgIpc) is 2.43.